The molecule has 0 saturated carbocycles. The van der Waals surface area contributed by atoms with E-state index in [1.54, 1.807) is 12.1 Å². The number of hydrogen-bond acceptors (Lipinski definition) is 7. The second-order valence-electron chi connectivity index (χ2n) is 8.88. The number of esters is 1. The number of ether oxygens (including phenoxy) is 3. The molecule has 1 atom stereocenters. The first-order valence-corrected chi connectivity index (χ1v) is 11.3. The lowest BCUT2D eigenvalue weighted by molar-refractivity contribution is -0.155. The molecule has 1 aromatic rings. The third-order valence-electron chi connectivity index (χ3n) is 4.84. The zero-order valence-corrected chi connectivity index (χ0v) is 19.6. The van der Waals surface area contributed by atoms with E-state index in [1.165, 1.54) is 0 Å². The number of aliphatic imine (C=N–C) groups is 1. The number of amides is 1. The first-order valence-electron chi connectivity index (χ1n) is 11.3. The molecule has 1 aliphatic heterocycles. The van der Waals surface area contributed by atoms with Gasteiger partial charge < -0.3 is 24.6 Å². The summed E-state index contributed by atoms with van der Waals surface area (Å²) in [5, 5.41) is 11.8. The van der Waals surface area contributed by atoms with Crippen LogP contribution in [0.5, 0.6) is 5.75 Å². The largest absolute Gasteiger partial charge is 0.494 e. The Morgan fingerprint density at radius 3 is 2.56 bits per heavy atom. The van der Waals surface area contributed by atoms with Crippen LogP contribution in [0.25, 0.3) is 0 Å². The van der Waals surface area contributed by atoms with Crippen LogP contribution in [0.1, 0.15) is 65.4 Å². The second-order valence-corrected chi connectivity index (χ2v) is 8.88. The molecule has 0 bridgehead atoms. The molecule has 0 unspecified atom stereocenters. The number of benzene rings is 1. The van der Waals surface area contributed by atoms with E-state index in [4.69, 9.17) is 19.3 Å². The molecule has 2 rings (SSSR count). The van der Waals surface area contributed by atoms with E-state index in [1.807, 2.05) is 32.9 Å². The van der Waals surface area contributed by atoms with Crippen LogP contribution in [0.2, 0.25) is 0 Å². The van der Waals surface area contributed by atoms with Crippen molar-refractivity contribution in [2.45, 2.75) is 70.9 Å². The number of carbonyl (C=O) groups is 2. The van der Waals surface area contributed by atoms with Crippen LogP contribution < -0.4 is 10.1 Å². The Morgan fingerprint density at radius 2 is 1.94 bits per heavy atom. The molecule has 0 aliphatic carbocycles. The van der Waals surface area contributed by atoms with Crippen molar-refractivity contribution in [3.05, 3.63) is 29.8 Å². The highest BCUT2D eigenvalue weighted by Gasteiger charge is 2.44. The van der Waals surface area contributed by atoms with Gasteiger partial charge in [0.05, 0.1) is 6.61 Å². The summed E-state index contributed by atoms with van der Waals surface area (Å²) in [5.41, 5.74) is -1.04. The van der Waals surface area contributed by atoms with Crippen LogP contribution in [-0.4, -0.2) is 60.4 Å². The van der Waals surface area contributed by atoms with Crippen LogP contribution in [0.15, 0.2) is 29.3 Å². The van der Waals surface area contributed by atoms with Crippen LogP contribution >= 0.6 is 0 Å². The molecule has 8 heteroatoms. The molecule has 1 aliphatic rings. The summed E-state index contributed by atoms with van der Waals surface area (Å²) < 4.78 is 16.8. The molecule has 0 aromatic heterocycles. The van der Waals surface area contributed by atoms with Gasteiger partial charge in [0.2, 0.25) is 5.90 Å². The van der Waals surface area contributed by atoms with Crippen LogP contribution in [0, 0.1) is 0 Å². The Kier molecular flexibility index (Phi) is 9.50. The number of aliphatic hydroxyl groups excluding tert-OH is 1. The number of aliphatic hydroxyl groups is 1. The fourth-order valence-electron chi connectivity index (χ4n) is 3.15. The van der Waals surface area contributed by atoms with E-state index < -0.39 is 11.1 Å². The van der Waals surface area contributed by atoms with Gasteiger partial charge in [0.25, 0.3) is 5.91 Å². The number of unbranched alkanes of at least 4 members (excludes halogenated alkanes) is 1. The standard InChI is InChI=1S/C24H36N2O6/c1-5-6-14-25-22(29)24(13-12-20(28)32-23(2,3)4)17-31-21(26-24)18-8-10-19(11-9-18)30-16-7-15-27/h8-11,27H,5-7,12-17H2,1-4H3,(H,25,29)/t24-/m1/s1. The average Bonchev–Trinajstić information content (AvgIpc) is 3.18. The molecule has 1 heterocycles. The third-order valence-corrected chi connectivity index (χ3v) is 4.84. The highest BCUT2D eigenvalue weighted by atomic mass is 16.6. The van der Waals surface area contributed by atoms with Gasteiger partial charge in [-0.05, 0) is 57.9 Å². The highest BCUT2D eigenvalue weighted by molar-refractivity contribution is 6.00. The van der Waals surface area contributed by atoms with Gasteiger partial charge in [-0.25, -0.2) is 4.99 Å². The van der Waals surface area contributed by atoms with Crippen LogP contribution in [-0.2, 0) is 19.1 Å². The van der Waals surface area contributed by atoms with Crippen molar-refractivity contribution in [2.24, 2.45) is 4.99 Å². The molecule has 2 N–H and O–H groups in total. The van der Waals surface area contributed by atoms with E-state index in [2.05, 4.69) is 17.2 Å². The maximum Gasteiger partial charge on any atom is 0.306 e. The smallest absolute Gasteiger partial charge is 0.306 e. The van der Waals surface area contributed by atoms with Gasteiger partial charge in [-0.1, -0.05) is 13.3 Å². The molecule has 0 radical (unpaired) electrons. The minimum absolute atomic E-state index is 0.0657. The summed E-state index contributed by atoms with van der Waals surface area (Å²) in [7, 11) is 0. The van der Waals surface area contributed by atoms with Crippen LogP contribution in [0.4, 0.5) is 0 Å². The number of nitrogens with zero attached hydrogens (tertiary/aromatic N) is 1. The molecule has 8 nitrogen and oxygen atoms in total. The third kappa shape index (κ3) is 7.82. The Hall–Kier alpha value is -2.61. The van der Waals surface area contributed by atoms with E-state index in [9.17, 15) is 9.59 Å². The van der Waals surface area contributed by atoms with Crippen LogP contribution in [0.3, 0.4) is 0 Å². The van der Waals surface area contributed by atoms with Gasteiger partial charge >= 0.3 is 5.97 Å². The lowest BCUT2D eigenvalue weighted by Gasteiger charge is -2.24. The van der Waals surface area contributed by atoms with Crippen molar-refractivity contribution in [2.75, 3.05) is 26.4 Å². The minimum atomic E-state index is -1.17. The van der Waals surface area contributed by atoms with Gasteiger partial charge in [-0.3, -0.25) is 9.59 Å². The number of nitrogens with one attached hydrogen (secondary N) is 1. The average molecular weight is 449 g/mol. The molecule has 32 heavy (non-hydrogen) atoms. The van der Waals surface area contributed by atoms with E-state index in [0.29, 0.717) is 31.2 Å². The lowest BCUT2D eigenvalue weighted by atomic mass is 9.94. The zero-order valence-electron chi connectivity index (χ0n) is 19.6. The van der Waals surface area contributed by atoms with Crippen molar-refractivity contribution >= 4 is 17.8 Å². The summed E-state index contributed by atoms with van der Waals surface area (Å²) in [4.78, 5) is 29.9. The van der Waals surface area contributed by atoms with Gasteiger partial charge in [-0.15, -0.1) is 0 Å². The first kappa shape index (κ1) is 25.6. The molecule has 1 amide bonds. The van der Waals surface area contributed by atoms with Crippen molar-refractivity contribution in [1.29, 1.82) is 0 Å². The van der Waals surface area contributed by atoms with E-state index in [-0.39, 0.29) is 37.9 Å². The second kappa shape index (κ2) is 11.9. The van der Waals surface area contributed by atoms with Crippen molar-refractivity contribution < 1.29 is 28.9 Å². The molecule has 0 spiro atoms. The maximum absolute atomic E-state index is 13.0. The summed E-state index contributed by atoms with van der Waals surface area (Å²) in [6.45, 7) is 8.61. The Balaban J connectivity index is 2.15. The summed E-state index contributed by atoms with van der Waals surface area (Å²) in [6.07, 6.45) is 2.65. The summed E-state index contributed by atoms with van der Waals surface area (Å²) in [5.74, 6) is 0.427. The molecule has 0 saturated heterocycles. The Labute approximate surface area is 190 Å². The normalized spacial score (nSPS) is 18.0. The number of hydrogen-bond donors (Lipinski definition) is 2. The molecule has 0 fully saturated rings. The van der Waals surface area contributed by atoms with Gasteiger partial charge in [0, 0.05) is 31.6 Å². The van der Waals surface area contributed by atoms with Gasteiger partial charge in [0.1, 0.15) is 18.0 Å². The fraction of sp³-hybridized carbons (Fsp3) is 0.625. The molecular weight excluding hydrogens is 412 g/mol. The first-order chi connectivity index (χ1) is 15.2. The topological polar surface area (TPSA) is 106 Å². The fourth-order valence-corrected chi connectivity index (χ4v) is 3.15. The predicted octanol–water partition coefficient (Wildman–Crippen LogP) is 3.00. The Bertz CT molecular complexity index is 785. The minimum Gasteiger partial charge on any atom is -0.494 e. The van der Waals surface area contributed by atoms with E-state index >= 15 is 0 Å². The predicted molar refractivity (Wildman–Crippen MR) is 122 cm³/mol. The summed E-state index contributed by atoms with van der Waals surface area (Å²) in [6, 6.07) is 7.21. The molecule has 178 valence electrons. The van der Waals surface area contributed by atoms with Gasteiger partial charge in [0.15, 0.2) is 5.54 Å². The maximum atomic E-state index is 13.0. The highest BCUT2D eigenvalue weighted by Crippen LogP contribution is 2.28. The van der Waals surface area contributed by atoms with Crippen molar-refractivity contribution in [1.82, 2.24) is 5.32 Å². The van der Waals surface area contributed by atoms with Crippen molar-refractivity contribution in [3.8, 4) is 5.75 Å². The monoisotopic (exact) mass is 448 g/mol. The molecule has 1 aromatic carbocycles. The SMILES string of the molecule is CCCCNC(=O)[C@@]1(CCC(=O)OC(C)(C)C)COC(c2ccc(OCCCO)cc2)=N1. The quantitative estimate of drug-likeness (QED) is 0.376. The lowest BCUT2D eigenvalue weighted by Crippen LogP contribution is -2.47. The Morgan fingerprint density at radius 1 is 1.22 bits per heavy atom. The number of rotatable bonds is 12. The number of carbonyl (C=O) groups excluding carboxylic acids is 2. The van der Waals surface area contributed by atoms with Crippen molar-refractivity contribution in [3.63, 3.8) is 0 Å². The van der Waals surface area contributed by atoms with E-state index in [0.717, 1.165) is 18.4 Å². The van der Waals surface area contributed by atoms with Gasteiger partial charge in [-0.2, -0.15) is 0 Å². The zero-order chi connectivity index (χ0) is 23.6. The summed E-state index contributed by atoms with van der Waals surface area (Å²) >= 11 is 0. The molecular formula is C24H36N2O6.